The molecule has 90 valence electrons. The Labute approximate surface area is 100 Å². The van der Waals surface area contributed by atoms with E-state index >= 15 is 0 Å². The lowest BCUT2D eigenvalue weighted by Crippen LogP contribution is -2.38. The Bertz CT molecular complexity index is 446. The Morgan fingerprint density at radius 2 is 2.29 bits per heavy atom. The summed E-state index contributed by atoms with van der Waals surface area (Å²) in [5.74, 6) is 0.921. The Morgan fingerprint density at radius 1 is 1.47 bits per heavy atom. The van der Waals surface area contributed by atoms with E-state index in [-0.39, 0.29) is 11.8 Å². The fraction of sp³-hybridized carbons (Fsp3) is 0.462. The number of carbonyl (C=O) groups is 1. The van der Waals surface area contributed by atoms with E-state index < -0.39 is 0 Å². The van der Waals surface area contributed by atoms with Gasteiger partial charge in [-0.15, -0.1) is 0 Å². The SMILES string of the molecule is C=C(NNC(=O)C1CC12CCC2)c1ccco1. The number of furan rings is 1. The number of nitrogens with one attached hydrogen (secondary N) is 2. The molecule has 2 fully saturated rings. The molecule has 0 saturated heterocycles. The monoisotopic (exact) mass is 232 g/mol. The smallest absolute Gasteiger partial charge is 0.242 e. The minimum Gasteiger partial charge on any atom is -0.463 e. The summed E-state index contributed by atoms with van der Waals surface area (Å²) >= 11 is 0. The zero-order valence-corrected chi connectivity index (χ0v) is 9.66. The topological polar surface area (TPSA) is 54.3 Å². The van der Waals surface area contributed by atoms with Crippen molar-refractivity contribution in [3.05, 3.63) is 30.7 Å². The summed E-state index contributed by atoms with van der Waals surface area (Å²) in [6.07, 6.45) is 6.33. The maximum absolute atomic E-state index is 11.8. The Morgan fingerprint density at radius 3 is 2.82 bits per heavy atom. The molecule has 1 atom stereocenters. The number of hydrazine groups is 1. The molecule has 1 amide bonds. The van der Waals surface area contributed by atoms with Crippen molar-refractivity contribution in [1.82, 2.24) is 10.9 Å². The van der Waals surface area contributed by atoms with E-state index in [1.54, 1.807) is 18.4 Å². The molecule has 1 aromatic rings. The van der Waals surface area contributed by atoms with Crippen LogP contribution in [0.25, 0.3) is 5.70 Å². The Hall–Kier alpha value is -1.71. The lowest BCUT2D eigenvalue weighted by Gasteiger charge is -2.26. The molecule has 0 aromatic carbocycles. The first-order chi connectivity index (χ1) is 8.21. The van der Waals surface area contributed by atoms with Crippen LogP contribution in [0.5, 0.6) is 0 Å². The fourth-order valence-electron chi connectivity index (χ4n) is 2.64. The zero-order chi connectivity index (χ0) is 11.9. The number of carbonyl (C=O) groups excluding carboxylic acids is 1. The van der Waals surface area contributed by atoms with Crippen LogP contribution in [0.1, 0.15) is 31.4 Å². The molecule has 17 heavy (non-hydrogen) atoms. The van der Waals surface area contributed by atoms with Crippen LogP contribution in [0.4, 0.5) is 0 Å². The summed E-state index contributed by atoms with van der Waals surface area (Å²) in [5.41, 5.74) is 6.45. The first-order valence-corrected chi connectivity index (χ1v) is 6.00. The van der Waals surface area contributed by atoms with Gasteiger partial charge in [-0.3, -0.25) is 15.6 Å². The molecule has 3 rings (SSSR count). The van der Waals surface area contributed by atoms with E-state index in [0.717, 1.165) is 6.42 Å². The summed E-state index contributed by atoms with van der Waals surface area (Å²) in [6, 6.07) is 3.58. The Kier molecular flexibility index (Phi) is 2.24. The van der Waals surface area contributed by atoms with Gasteiger partial charge in [0.1, 0.15) is 0 Å². The normalized spacial score (nSPS) is 23.9. The summed E-state index contributed by atoms with van der Waals surface area (Å²) < 4.78 is 5.16. The Balaban J connectivity index is 1.49. The van der Waals surface area contributed by atoms with E-state index in [1.807, 2.05) is 0 Å². The molecule has 2 saturated carbocycles. The summed E-state index contributed by atoms with van der Waals surface area (Å²) in [5, 5.41) is 0. The molecule has 1 aromatic heterocycles. The van der Waals surface area contributed by atoms with Crippen molar-refractivity contribution < 1.29 is 9.21 Å². The van der Waals surface area contributed by atoms with Crippen LogP contribution in [0.2, 0.25) is 0 Å². The van der Waals surface area contributed by atoms with Gasteiger partial charge in [0.2, 0.25) is 5.91 Å². The maximum atomic E-state index is 11.8. The van der Waals surface area contributed by atoms with E-state index in [9.17, 15) is 4.79 Å². The molecule has 4 nitrogen and oxygen atoms in total. The number of amides is 1. The lowest BCUT2D eigenvalue weighted by molar-refractivity contribution is -0.124. The first kappa shape index (κ1) is 10.4. The summed E-state index contributed by atoms with van der Waals surface area (Å²) in [6.45, 7) is 3.80. The quantitative estimate of drug-likeness (QED) is 0.781. The second kappa shape index (κ2) is 3.65. The van der Waals surface area contributed by atoms with Crippen LogP contribution in [0.3, 0.4) is 0 Å². The molecule has 1 spiro atoms. The van der Waals surface area contributed by atoms with Crippen LogP contribution in [0.15, 0.2) is 29.4 Å². The number of hydrogen-bond donors (Lipinski definition) is 2. The average molecular weight is 232 g/mol. The molecular weight excluding hydrogens is 216 g/mol. The van der Waals surface area contributed by atoms with Gasteiger partial charge in [0.05, 0.1) is 12.0 Å². The highest BCUT2D eigenvalue weighted by Gasteiger charge is 2.60. The van der Waals surface area contributed by atoms with Crippen LogP contribution >= 0.6 is 0 Å². The predicted octanol–water partition coefficient (Wildman–Crippen LogP) is 2.06. The van der Waals surface area contributed by atoms with Gasteiger partial charge in [0.25, 0.3) is 0 Å². The standard InChI is InChI=1S/C13H16N2O2/c1-9(11-4-2-7-17-11)14-15-12(16)10-8-13(10)5-3-6-13/h2,4,7,10,14H,1,3,5-6,8H2,(H,15,16). The summed E-state index contributed by atoms with van der Waals surface area (Å²) in [4.78, 5) is 11.8. The number of hydrogen-bond acceptors (Lipinski definition) is 3. The molecule has 2 aliphatic carbocycles. The van der Waals surface area contributed by atoms with E-state index in [2.05, 4.69) is 17.4 Å². The van der Waals surface area contributed by atoms with Crippen molar-refractivity contribution in [2.45, 2.75) is 25.7 Å². The van der Waals surface area contributed by atoms with Crippen molar-refractivity contribution in [3.63, 3.8) is 0 Å². The van der Waals surface area contributed by atoms with Crippen molar-refractivity contribution >= 4 is 11.6 Å². The van der Waals surface area contributed by atoms with Gasteiger partial charge in [-0.25, -0.2) is 0 Å². The first-order valence-electron chi connectivity index (χ1n) is 6.00. The van der Waals surface area contributed by atoms with Crippen molar-refractivity contribution in [2.24, 2.45) is 11.3 Å². The van der Waals surface area contributed by atoms with Crippen molar-refractivity contribution in [2.75, 3.05) is 0 Å². The average Bonchev–Trinajstić information content (AvgIpc) is 2.83. The molecule has 2 aliphatic rings. The van der Waals surface area contributed by atoms with Gasteiger partial charge in [0, 0.05) is 5.92 Å². The van der Waals surface area contributed by atoms with Gasteiger partial charge in [-0.05, 0) is 36.8 Å². The molecule has 2 N–H and O–H groups in total. The highest BCUT2D eigenvalue weighted by atomic mass is 16.3. The van der Waals surface area contributed by atoms with Crippen LogP contribution < -0.4 is 10.9 Å². The second-order valence-electron chi connectivity index (χ2n) is 5.04. The highest BCUT2D eigenvalue weighted by molar-refractivity contribution is 5.83. The summed E-state index contributed by atoms with van der Waals surface area (Å²) in [7, 11) is 0. The highest BCUT2D eigenvalue weighted by Crippen LogP contribution is 2.65. The van der Waals surface area contributed by atoms with Crippen LogP contribution in [0, 0.1) is 11.3 Å². The third-order valence-corrected chi connectivity index (χ3v) is 4.01. The minimum atomic E-state index is 0.0809. The van der Waals surface area contributed by atoms with Gasteiger partial charge >= 0.3 is 0 Å². The molecule has 0 aliphatic heterocycles. The van der Waals surface area contributed by atoms with Crippen molar-refractivity contribution in [1.29, 1.82) is 0 Å². The maximum Gasteiger partial charge on any atom is 0.242 e. The van der Waals surface area contributed by atoms with Gasteiger partial charge in [-0.1, -0.05) is 13.0 Å². The molecule has 1 heterocycles. The van der Waals surface area contributed by atoms with E-state index in [0.29, 0.717) is 16.9 Å². The van der Waals surface area contributed by atoms with Gasteiger partial charge in [-0.2, -0.15) is 0 Å². The minimum absolute atomic E-state index is 0.0809. The largest absolute Gasteiger partial charge is 0.463 e. The molecular formula is C13H16N2O2. The van der Waals surface area contributed by atoms with E-state index in [1.165, 1.54) is 19.3 Å². The van der Waals surface area contributed by atoms with Gasteiger partial charge in [0.15, 0.2) is 5.76 Å². The van der Waals surface area contributed by atoms with Crippen molar-refractivity contribution in [3.8, 4) is 0 Å². The molecule has 0 bridgehead atoms. The zero-order valence-electron chi connectivity index (χ0n) is 9.66. The third-order valence-electron chi connectivity index (χ3n) is 4.01. The predicted molar refractivity (Wildman–Crippen MR) is 63.4 cm³/mol. The van der Waals surface area contributed by atoms with E-state index in [4.69, 9.17) is 4.42 Å². The molecule has 0 radical (unpaired) electrons. The fourth-order valence-corrected chi connectivity index (χ4v) is 2.64. The molecule has 4 heteroatoms. The van der Waals surface area contributed by atoms with Crippen LogP contribution in [-0.4, -0.2) is 5.91 Å². The molecule has 1 unspecified atom stereocenters. The lowest BCUT2D eigenvalue weighted by atomic mass is 9.80. The second-order valence-corrected chi connectivity index (χ2v) is 5.04. The number of rotatable bonds is 4. The van der Waals surface area contributed by atoms with Crippen LogP contribution in [-0.2, 0) is 4.79 Å². The third kappa shape index (κ3) is 1.73. The van der Waals surface area contributed by atoms with Gasteiger partial charge < -0.3 is 4.42 Å².